The molecule has 0 nitrogen and oxygen atoms in total. The third kappa shape index (κ3) is 65.0. The lowest BCUT2D eigenvalue weighted by Crippen LogP contribution is -1.74. The smallest absolute Gasteiger partial charge is 0.269 e. The molecule has 0 saturated carbocycles. The van der Waals surface area contributed by atoms with Crippen LogP contribution in [0.3, 0.4) is 0 Å². The van der Waals surface area contributed by atoms with Crippen molar-refractivity contribution in [1.82, 2.24) is 0 Å². The molecule has 0 aromatic carbocycles. The molecule has 0 aromatic heterocycles. The van der Waals surface area contributed by atoms with Gasteiger partial charge >= 0.3 is 6.08 Å². The van der Waals surface area contributed by atoms with Gasteiger partial charge in [0.25, 0.3) is 0 Å². The molecule has 15 heavy (non-hydrogen) atoms. The fourth-order valence-corrected chi connectivity index (χ4v) is 0.0505. The number of hydrogen-bond acceptors (Lipinski definition) is 0. The molecule has 0 aliphatic heterocycles. The highest BCUT2D eigenvalue weighted by molar-refractivity contribution is 4.90. The van der Waals surface area contributed by atoms with E-state index in [9.17, 15) is 17.6 Å². The highest BCUT2D eigenvalue weighted by Gasteiger charge is 2.00. The summed E-state index contributed by atoms with van der Waals surface area (Å²) in [5.41, 5.74) is 0. The van der Waals surface area contributed by atoms with Gasteiger partial charge in [-0.05, 0) is 0 Å². The minimum absolute atomic E-state index is 0. The summed E-state index contributed by atoms with van der Waals surface area (Å²) in [6.07, 6.45) is -2.58. The van der Waals surface area contributed by atoms with Gasteiger partial charge in [-0.15, -0.1) is 13.2 Å². The Bertz CT molecular complexity index is 98.0. The number of alkyl halides is 1. The second-order valence-electron chi connectivity index (χ2n) is 0.799. The van der Waals surface area contributed by atoms with E-state index < -0.39 is 18.6 Å². The molecule has 0 spiro atoms. The van der Waals surface area contributed by atoms with Gasteiger partial charge in [0, 0.05) is 0 Å². The first-order valence-electron chi connectivity index (χ1n) is 1.94. The summed E-state index contributed by atoms with van der Waals surface area (Å²) in [6, 6.07) is 0. The summed E-state index contributed by atoms with van der Waals surface area (Å²) in [7, 11) is 0. The molecular formula is C5H12F10. The molecule has 0 aliphatic rings. The zero-order chi connectivity index (χ0) is 7.86. The molecule has 0 fully saturated rings. The van der Waals surface area contributed by atoms with E-state index in [1.54, 1.807) is 0 Å². The van der Waals surface area contributed by atoms with Crippen LogP contribution < -0.4 is 0 Å². The summed E-state index contributed by atoms with van der Waals surface area (Å²) >= 11 is 0. The number of hydrogen-bond donors (Lipinski definition) is 0. The van der Waals surface area contributed by atoms with Crippen LogP contribution in [0, 0.1) is 0 Å². The molecular weight excluding hydrogens is 250 g/mol. The highest BCUT2D eigenvalue weighted by Crippen LogP contribution is 2.07. The van der Waals surface area contributed by atoms with Gasteiger partial charge in [-0.1, -0.05) is 0 Å². The molecule has 102 valence electrons. The van der Waals surface area contributed by atoms with E-state index in [1.807, 2.05) is 0 Å². The van der Waals surface area contributed by atoms with Crippen LogP contribution in [0.25, 0.3) is 0 Å². The number of halogens is 10. The van der Waals surface area contributed by atoms with Crippen LogP contribution in [-0.4, -0.2) is 6.67 Å². The van der Waals surface area contributed by atoms with Crippen LogP contribution in [0.4, 0.5) is 45.8 Å². The van der Waals surface area contributed by atoms with Gasteiger partial charge in [0.15, 0.2) is 5.83 Å². The second kappa shape index (κ2) is 53.1. The van der Waals surface area contributed by atoms with Crippen molar-refractivity contribution in [3.05, 3.63) is 25.1 Å². The Morgan fingerprint density at radius 2 is 0.933 bits per heavy atom. The van der Waals surface area contributed by atoms with E-state index in [1.165, 1.54) is 0 Å². The molecule has 0 aromatic rings. The predicted molar refractivity (Wildman–Crippen MR) is 42.6 cm³/mol. The van der Waals surface area contributed by atoms with E-state index in [0.29, 0.717) is 0 Å². The van der Waals surface area contributed by atoms with Crippen molar-refractivity contribution in [3.8, 4) is 0 Å². The third-order valence-electron chi connectivity index (χ3n) is 0.322. The summed E-state index contributed by atoms with van der Waals surface area (Å²) < 4.78 is 43.1. The quantitative estimate of drug-likeness (QED) is 0.498. The topological polar surface area (TPSA) is 0 Å². The molecule has 0 unspecified atom stereocenters. The molecule has 0 saturated heterocycles. The van der Waals surface area contributed by atoms with Gasteiger partial charge in [0.05, 0.1) is 0 Å². The van der Waals surface area contributed by atoms with Crippen LogP contribution in [0.2, 0.25) is 0 Å². The second-order valence-corrected chi connectivity index (χ2v) is 0.799. The maximum Gasteiger partial charge on any atom is 0.304 e. The first-order chi connectivity index (χ1) is 4.18. The molecule has 0 heterocycles. The monoisotopic (exact) mass is 262 g/mol. The van der Waals surface area contributed by atoms with E-state index >= 15 is 0 Å². The van der Waals surface area contributed by atoms with Crippen molar-refractivity contribution in [1.29, 1.82) is 0 Å². The van der Waals surface area contributed by atoms with Crippen molar-refractivity contribution in [3.63, 3.8) is 0 Å². The molecule has 0 radical (unpaired) electrons. The number of rotatable bonds is 1. The Morgan fingerprint density at radius 3 is 0.933 bits per heavy atom. The van der Waals surface area contributed by atoms with Gasteiger partial charge in [0.1, 0.15) is 6.67 Å². The van der Waals surface area contributed by atoms with Crippen molar-refractivity contribution in [2.75, 3.05) is 6.67 Å². The van der Waals surface area contributed by atoms with Crippen molar-refractivity contribution >= 4 is 0 Å². The van der Waals surface area contributed by atoms with E-state index in [0.717, 1.165) is 0 Å². The highest BCUT2D eigenvalue weighted by atomic mass is 19.3. The number of allylic oxidation sites excluding steroid dienone is 1. The average molecular weight is 262 g/mol. The molecule has 0 N–H and O–H groups in total. The average Bonchev–Trinajstić information content (AvgIpc) is 1.91. The lowest BCUT2D eigenvalue weighted by molar-refractivity contribution is 0.348. The van der Waals surface area contributed by atoms with Gasteiger partial charge in [0.2, 0.25) is 0 Å². The van der Waals surface area contributed by atoms with Crippen LogP contribution in [0.5, 0.6) is 0 Å². The van der Waals surface area contributed by atoms with Gasteiger partial charge < -0.3 is 0 Å². The Labute approximate surface area is 78.9 Å². The van der Waals surface area contributed by atoms with Crippen LogP contribution in [0.15, 0.2) is 25.1 Å². The first-order valence-corrected chi connectivity index (χ1v) is 1.94. The summed E-state index contributed by atoms with van der Waals surface area (Å²) in [6.45, 7) is 4.28. The van der Waals surface area contributed by atoms with E-state index in [-0.39, 0.29) is 28.2 Å². The molecule has 0 aliphatic carbocycles. The first kappa shape index (κ1) is 67.4. The summed E-state index contributed by atoms with van der Waals surface area (Å²) in [5, 5.41) is 0. The molecule has 0 bridgehead atoms. The molecule has 0 rings (SSSR count). The summed E-state index contributed by atoms with van der Waals surface area (Å²) in [4.78, 5) is 0. The fraction of sp³-hybridized carbons (Fsp3) is 0.200. The standard InChI is InChI=1S/C3H2F4.C2H4.6FH/c4-1-2(5)3(6)7;1-2;;;;;;/h1H2;1-2H2;6*1H. The minimum Gasteiger partial charge on any atom is -0.269 e. The maximum atomic E-state index is 11.0. The normalized spacial score (nSPS) is 4.27. The lowest BCUT2D eigenvalue weighted by Gasteiger charge is -1.79. The van der Waals surface area contributed by atoms with Gasteiger partial charge in [-0.2, -0.15) is 8.78 Å². The van der Waals surface area contributed by atoms with Crippen LogP contribution in [-0.2, 0) is 0 Å². The van der Waals surface area contributed by atoms with Crippen molar-refractivity contribution in [2.45, 2.75) is 0 Å². The largest absolute Gasteiger partial charge is 0.304 e. The fourth-order valence-electron chi connectivity index (χ4n) is 0.0505. The zero-order valence-corrected chi connectivity index (χ0v) is 7.08. The van der Waals surface area contributed by atoms with Crippen molar-refractivity contribution in [2.24, 2.45) is 0 Å². The predicted octanol–water partition coefficient (Wildman–Crippen LogP) is 3.75. The maximum absolute atomic E-state index is 11.0. The third-order valence-corrected chi connectivity index (χ3v) is 0.322. The Balaban J connectivity index is -0.00000000965. The zero-order valence-electron chi connectivity index (χ0n) is 7.08. The molecule has 0 amide bonds. The van der Waals surface area contributed by atoms with Gasteiger partial charge in [-0.25, -0.2) is 8.78 Å². The van der Waals surface area contributed by atoms with E-state index in [4.69, 9.17) is 0 Å². The van der Waals surface area contributed by atoms with Gasteiger partial charge in [-0.3, -0.25) is 28.2 Å². The van der Waals surface area contributed by atoms with E-state index in [2.05, 4.69) is 13.2 Å². The summed E-state index contributed by atoms with van der Waals surface area (Å²) in [5.74, 6) is -1.99. The SMILES string of the molecule is C=C.F.F.F.F.F.F.FCC(F)=C(F)F. The van der Waals surface area contributed by atoms with Crippen LogP contribution in [0.1, 0.15) is 0 Å². The molecule has 0 atom stereocenters. The van der Waals surface area contributed by atoms with Crippen molar-refractivity contribution < 1.29 is 45.8 Å². The Kier molecular flexibility index (Phi) is 238. The minimum atomic E-state index is -2.58. The lowest BCUT2D eigenvalue weighted by atomic mass is 10.6. The molecule has 10 heteroatoms. The van der Waals surface area contributed by atoms with Crippen LogP contribution >= 0.6 is 0 Å². The Morgan fingerprint density at radius 1 is 0.733 bits per heavy atom. The Hall–Kier alpha value is -1.22.